The van der Waals surface area contributed by atoms with Crippen LogP contribution in [0.5, 0.6) is 0 Å². The van der Waals surface area contributed by atoms with Crippen LogP contribution in [0.25, 0.3) is 22.0 Å². The molecule has 3 nitrogen and oxygen atoms in total. The van der Waals surface area contributed by atoms with E-state index in [4.69, 9.17) is 11.5 Å². The minimum Gasteiger partial charge on any atom is -0.398 e. The highest BCUT2D eigenvalue weighted by molar-refractivity contribution is 6.07. The molecule has 1 heterocycles. The van der Waals surface area contributed by atoms with Crippen LogP contribution in [-0.2, 0) is 0 Å². The average Bonchev–Trinajstić information content (AvgIpc) is 2.68. The zero-order chi connectivity index (χ0) is 11.8. The van der Waals surface area contributed by atoms with Crippen molar-refractivity contribution >= 4 is 22.4 Å². The molecular formula is C14H13N3. The van der Waals surface area contributed by atoms with Crippen molar-refractivity contribution in [2.24, 2.45) is 0 Å². The van der Waals surface area contributed by atoms with Gasteiger partial charge in [-0.05, 0) is 17.7 Å². The Balaban J connectivity index is 2.40. The molecular weight excluding hydrogens is 210 g/mol. The second-order valence-corrected chi connectivity index (χ2v) is 4.05. The SMILES string of the molecule is Nc1[nH]c2cccc(N)c2c1-c1ccccc1. The number of fused-ring (bicyclic) bond motifs is 1. The third-order valence-corrected chi connectivity index (χ3v) is 2.95. The Morgan fingerprint density at radius 3 is 2.35 bits per heavy atom. The van der Waals surface area contributed by atoms with Gasteiger partial charge in [-0.1, -0.05) is 36.4 Å². The van der Waals surface area contributed by atoms with Crippen molar-refractivity contribution in [2.45, 2.75) is 0 Å². The second-order valence-electron chi connectivity index (χ2n) is 4.05. The Hall–Kier alpha value is -2.42. The molecule has 0 unspecified atom stereocenters. The molecule has 0 aliphatic heterocycles. The quantitative estimate of drug-likeness (QED) is 0.555. The summed E-state index contributed by atoms with van der Waals surface area (Å²) >= 11 is 0. The molecule has 1 aromatic heterocycles. The first-order valence-electron chi connectivity index (χ1n) is 5.48. The van der Waals surface area contributed by atoms with Crippen LogP contribution >= 0.6 is 0 Å². The molecule has 2 aromatic carbocycles. The first-order valence-corrected chi connectivity index (χ1v) is 5.48. The minimum atomic E-state index is 0.657. The first-order chi connectivity index (χ1) is 8.27. The second kappa shape index (κ2) is 3.56. The van der Waals surface area contributed by atoms with Gasteiger partial charge in [0.2, 0.25) is 0 Å². The van der Waals surface area contributed by atoms with Crippen LogP contribution in [0.15, 0.2) is 48.5 Å². The molecule has 3 rings (SSSR count). The molecule has 17 heavy (non-hydrogen) atoms. The van der Waals surface area contributed by atoms with E-state index >= 15 is 0 Å². The fourth-order valence-electron chi connectivity index (χ4n) is 2.20. The fourth-order valence-corrected chi connectivity index (χ4v) is 2.20. The van der Waals surface area contributed by atoms with Crippen LogP contribution in [-0.4, -0.2) is 4.98 Å². The number of H-pyrrole nitrogens is 1. The zero-order valence-electron chi connectivity index (χ0n) is 9.27. The minimum absolute atomic E-state index is 0.657. The highest BCUT2D eigenvalue weighted by Gasteiger charge is 2.12. The normalized spacial score (nSPS) is 10.8. The third kappa shape index (κ3) is 1.44. The van der Waals surface area contributed by atoms with Crippen molar-refractivity contribution in [2.75, 3.05) is 11.5 Å². The standard InChI is InChI=1S/C14H13N3/c15-10-7-4-8-11-13(10)12(14(16)17-11)9-5-2-1-3-6-9/h1-8,17H,15-16H2. The lowest BCUT2D eigenvalue weighted by atomic mass is 10.0. The van der Waals surface area contributed by atoms with Gasteiger partial charge >= 0.3 is 0 Å². The number of hydrogen-bond donors (Lipinski definition) is 3. The van der Waals surface area contributed by atoms with Gasteiger partial charge in [-0.3, -0.25) is 0 Å². The molecule has 0 amide bonds. The lowest BCUT2D eigenvalue weighted by Gasteiger charge is -2.03. The van der Waals surface area contributed by atoms with Crippen LogP contribution in [0.2, 0.25) is 0 Å². The predicted molar refractivity (Wildman–Crippen MR) is 72.6 cm³/mol. The summed E-state index contributed by atoms with van der Waals surface area (Å²) in [5.74, 6) is 0.657. The molecule has 0 radical (unpaired) electrons. The van der Waals surface area contributed by atoms with Gasteiger partial charge in [-0.25, -0.2) is 0 Å². The maximum atomic E-state index is 6.04. The first kappa shape index (κ1) is 9.78. The molecule has 0 bridgehead atoms. The number of anilines is 2. The summed E-state index contributed by atoms with van der Waals surface area (Å²) in [7, 11) is 0. The van der Waals surface area contributed by atoms with E-state index in [1.807, 2.05) is 48.5 Å². The summed E-state index contributed by atoms with van der Waals surface area (Å²) in [4.78, 5) is 3.16. The highest BCUT2D eigenvalue weighted by atomic mass is 14.9. The van der Waals surface area contributed by atoms with Crippen molar-refractivity contribution in [3.05, 3.63) is 48.5 Å². The summed E-state index contributed by atoms with van der Waals surface area (Å²) in [5, 5.41) is 0.996. The van der Waals surface area contributed by atoms with Gasteiger partial charge in [0.25, 0.3) is 0 Å². The van der Waals surface area contributed by atoms with Gasteiger partial charge in [0.05, 0.1) is 0 Å². The Bertz CT molecular complexity index is 669. The fraction of sp³-hybridized carbons (Fsp3) is 0. The number of nitrogens with one attached hydrogen (secondary N) is 1. The van der Waals surface area contributed by atoms with Crippen LogP contribution in [0.1, 0.15) is 0 Å². The van der Waals surface area contributed by atoms with E-state index in [1.165, 1.54) is 0 Å². The maximum Gasteiger partial charge on any atom is 0.109 e. The van der Waals surface area contributed by atoms with E-state index in [0.717, 1.165) is 27.7 Å². The Morgan fingerprint density at radius 2 is 1.59 bits per heavy atom. The lowest BCUT2D eigenvalue weighted by Crippen LogP contribution is -1.89. The van der Waals surface area contributed by atoms with E-state index in [2.05, 4.69) is 4.98 Å². The Labute approximate surface area is 99.1 Å². The van der Waals surface area contributed by atoms with E-state index in [0.29, 0.717) is 5.82 Å². The molecule has 0 fully saturated rings. The van der Waals surface area contributed by atoms with Crippen LogP contribution in [0, 0.1) is 0 Å². The van der Waals surface area contributed by atoms with Gasteiger partial charge < -0.3 is 16.5 Å². The molecule has 3 heteroatoms. The summed E-state index contributed by atoms with van der Waals surface area (Å²) in [6.07, 6.45) is 0. The number of benzene rings is 2. The highest BCUT2D eigenvalue weighted by Crippen LogP contribution is 2.36. The molecule has 0 spiro atoms. The summed E-state index contributed by atoms with van der Waals surface area (Å²) < 4.78 is 0. The molecule has 84 valence electrons. The molecule has 5 N–H and O–H groups in total. The van der Waals surface area contributed by atoms with Gasteiger partial charge in [-0.2, -0.15) is 0 Å². The van der Waals surface area contributed by atoms with Crippen molar-refractivity contribution in [3.8, 4) is 11.1 Å². The number of rotatable bonds is 1. The number of nitrogens with two attached hydrogens (primary N) is 2. The molecule has 0 aliphatic rings. The smallest absolute Gasteiger partial charge is 0.109 e. The number of nitrogen functional groups attached to an aromatic ring is 2. The Morgan fingerprint density at radius 1 is 0.824 bits per heavy atom. The third-order valence-electron chi connectivity index (χ3n) is 2.95. The van der Waals surface area contributed by atoms with Crippen LogP contribution in [0.3, 0.4) is 0 Å². The Kier molecular flexibility index (Phi) is 2.05. The van der Waals surface area contributed by atoms with Gasteiger partial charge in [-0.15, -0.1) is 0 Å². The molecule has 0 saturated carbocycles. The average molecular weight is 223 g/mol. The lowest BCUT2D eigenvalue weighted by molar-refractivity contribution is 1.47. The molecule has 3 aromatic rings. The topological polar surface area (TPSA) is 67.8 Å². The number of hydrogen-bond acceptors (Lipinski definition) is 2. The maximum absolute atomic E-state index is 6.04. The van der Waals surface area contributed by atoms with Crippen molar-refractivity contribution in [1.29, 1.82) is 0 Å². The largest absolute Gasteiger partial charge is 0.398 e. The molecule has 0 aliphatic carbocycles. The van der Waals surface area contributed by atoms with E-state index < -0.39 is 0 Å². The van der Waals surface area contributed by atoms with E-state index in [9.17, 15) is 0 Å². The van der Waals surface area contributed by atoms with E-state index in [1.54, 1.807) is 0 Å². The van der Waals surface area contributed by atoms with Gasteiger partial charge in [0.1, 0.15) is 5.82 Å². The van der Waals surface area contributed by atoms with Crippen molar-refractivity contribution in [3.63, 3.8) is 0 Å². The summed E-state index contributed by atoms with van der Waals surface area (Å²) in [5.41, 5.74) is 15.9. The summed E-state index contributed by atoms with van der Waals surface area (Å²) in [6.45, 7) is 0. The molecule has 0 atom stereocenters. The van der Waals surface area contributed by atoms with Crippen molar-refractivity contribution in [1.82, 2.24) is 4.98 Å². The van der Waals surface area contributed by atoms with Crippen LogP contribution < -0.4 is 11.5 Å². The van der Waals surface area contributed by atoms with E-state index in [-0.39, 0.29) is 0 Å². The zero-order valence-corrected chi connectivity index (χ0v) is 9.27. The summed E-state index contributed by atoms with van der Waals surface area (Å²) in [6, 6.07) is 15.8. The van der Waals surface area contributed by atoms with Gasteiger partial charge in [0.15, 0.2) is 0 Å². The number of aromatic nitrogens is 1. The number of aromatic amines is 1. The monoisotopic (exact) mass is 223 g/mol. The predicted octanol–water partition coefficient (Wildman–Crippen LogP) is 3.00. The molecule has 0 saturated heterocycles. The van der Waals surface area contributed by atoms with Gasteiger partial charge in [0, 0.05) is 22.2 Å². The van der Waals surface area contributed by atoms with Crippen LogP contribution in [0.4, 0.5) is 11.5 Å². The van der Waals surface area contributed by atoms with Crippen molar-refractivity contribution < 1.29 is 0 Å².